The lowest BCUT2D eigenvalue weighted by atomic mass is 9.96. The fourth-order valence-corrected chi connectivity index (χ4v) is 3.46. The molecule has 0 spiro atoms. The zero-order valence-corrected chi connectivity index (χ0v) is 15.7. The Bertz CT molecular complexity index is 829. The number of hydrogen-bond acceptors (Lipinski definition) is 2. The van der Waals surface area contributed by atoms with E-state index in [0.717, 1.165) is 35.2 Å². The molecule has 0 bridgehead atoms. The lowest BCUT2D eigenvalue weighted by Gasteiger charge is -2.32. The van der Waals surface area contributed by atoms with Gasteiger partial charge in [-0.25, -0.2) is 0 Å². The number of carbonyl (C=O) groups excluding carboxylic acids is 2. The highest BCUT2D eigenvalue weighted by Crippen LogP contribution is 2.23. The van der Waals surface area contributed by atoms with Crippen LogP contribution in [0.4, 0.5) is 5.69 Å². The lowest BCUT2D eigenvalue weighted by molar-refractivity contribution is -0.121. The van der Waals surface area contributed by atoms with E-state index >= 15 is 0 Å². The number of hydrogen-bond donors (Lipinski definition) is 1. The van der Waals surface area contributed by atoms with Gasteiger partial charge in [0.05, 0.1) is 5.92 Å². The number of anilines is 1. The van der Waals surface area contributed by atoms with E-state index in [0.29, 0.717) is 18.7 Å². The minimum absolute atomic E-state index is 0.000409. The summed E-state index contributed by atoms with van der Waals surface area (Å²) in [6.07, 6.45) is 1.66. The minimum Gasteiger partial charge on any atom is -0.338 e. The Labute approximate surface area is 155 Å². The largest absolute Gasteiger partial charge is 0.338 e. The SMILES string of the molecule is Cc1cccc(C(=O)N2CCC[C@H](C(=O)Nc3cccc(C)c3C)C2)c1. The number of benzene rings is 2. The summed E-state index contributed by atoms with van der Waals surface area (Å²) in [6, 6.07) is 13.5. The van der Waals surface area contributed by atoms with Gasteiger partial charge in [-0.1, -0.05) is 29.8 Å². The van der Waals surface area contributed by atoms with Crippen LogP contribution in [0.25, 0.3) is 0 Å². The molecule has 2 amide bonds. The van der Waals surface area contributed by atoms with E-state index in [4.69, 9.17) is 0 Å². The van der Waals surface area contributed by atoms with Gasteiger partial charge in [-0.15, -0.1) is 0 Å². The normalized spacial score (nSPS) is 17.0. The van der Waals surface area contributed by atoms with Gasteiger partial charge < -0.3 is 10.2 Å². The summed E-state index contributed by atoms with van der Waals surface area (Å²) in [5, 5.41) is 3.05. The van der Waals surface area contributed by atoms with Crippen molar-refractivity contribution < 1.29 is 9.59 Å². The first-order chi connectivity index (χ1) is 12.5. The molecule has 1 aliphatic heterocycles. The topological polar surface area (TPSA) is 49.4 Å². The molecule has 2 aromatic carbocycles. The Morgan fingerprint density at radius 1 is 1.08 bits per heavy atom. The second-order valence-electron chi connectivity index (χ2n) is 7.20. The molecule has 136 valence electrons. The van der Waals surface area contributed by atoms with Crippen LogP contribution in [0.2, 0.25) is 0 Å². The van der Waals surface area contributed by atoms with Gasteiger partial charge in [0, 0.05) is 24.3 Å². The van der Waals surface area contributed by atoms with Crippen LogP contribution in [-0.2, 0) is 4.79 Å². The monoisotopic (exact) mass is 350 g/mol. The standard InChI is InChI=1S/C22H26N2O2/c1-15-7-4-9-18(13-15)22(26)24-12-6-10-19(14-24)21(25)23-20-11-5-8-16(2)17(20)3/h4-5,7-9,11,13,19H,6,10,12,14H2,1-3H3,(H,23,25)/t19-/m0/s1. The molecule has 0 saturated carbocycles. The molecule has 0 aromatic heterocycles. The fraction of sp³-hybridized carbons (Fsp3) is 0.364. The maximum Gasteiger partial charge on any atom is 0.253 e. The lowest BCUT2D eigenvalue weighted by Crippen LogP contribution is -2.43. The van der Waals surface area contributed by atoms with Crippen LogP contribution in [-0.4, -0.2) is 29.8 Å². The molecule has 1 fully saturated rings. The van der Waals surface area contributed by atoms with Gasteiger partial charge in [0.15, 0.2) is 0 Å². The Morgan fingerprint density at radius 3 is 2.62 bits per heavy atom. The average molecular weight is 350 g/mol. The molecule has 1 aliphatic rings. The van der Waals surface area contributed by atoms with E-state index in [9.17, 15) is 9.59 Å². The minimum atomic E-state index is -0.169. The Hall–Kier alpha value is -2.62. The van der Waals surface area contributed by atoms with Crippen molar-refractivity contribution in [3.8, 4) is 0 Å². The van der Waals surface area contributed by atoms with Crippen LogP contribution in [0.1, 0.15) is 39.9 Å². The van der Waals surface area contributed by atoms with Crippen LogP contribution in [0.5, 0.6) is 0 Å². The number of nitrogens with zero attached hydrogens (tertiary/aromatic N) is 1. The van der Waals surface area contributed by atoms with Gasteiger partial charge in [-0.3, -0.25) is 9.59 Å². The molecule has 4 nitrogen and oxygen atoms in total. The summed E-state index contributed by atoms with van der Waals surface area (Å²) in [5.74, 6) is -0.157. The van der Waals surface area contributed by atoms with E-state index < -0.39 is 0 Å². The second kappa shape index (κ2) is 7.73. The van der Waals surface area contributed by atoms with Crippen LogP contribution in [0, 0.1) is 26.7 Å². The maximum absolute atomic E-state index is 12.8. The van der Waals surface area contributed by atoms with Crippen molar-refractivity contribution in [3.05, 3.63) is 64.7 Å². The van der Waals surface area contributed by atoms with E-state index in [1.165, 1.54) is 0 Å². The first-order valence-corrected chi connectivity index (χ1v) is 9.18. The number of amides is 2. The summed E-state index contributed by atoms with van der Waals surface area (Å²) in [4.78, 5) is 27.3. The molecule has 4 heteroatoms. The van der Waals surface area contributed by atoms with E-state index in [-0.39, 0.29) is 17.7 Å². The highest BCUT2D eigenvalue weighted by atomic mass is 16.2. The van der Waals surface area contributed by atoms with Gasteiger partial charge in [0.2, 0.25) is 5.91 Å². The number of carbonyl (C=O) groups is 2. The van der Waals surface area contributed by atoms with E-state index in [2.05, 4.69) is 5.32 Å². The third-order valence-corrected chi connectivity index (χ3v) is 5.21. The van der Waals surface area contributed by atoms with Crippen molar-refractivity contribution in [1.82, 2.24) is 4.90 Å². The fourth-order valence-electron chi connectivity index (χ4n) is 3.46. The van der Waals surface area contributed by atoms with E-state index in [1.54, 1.807) is 0 Å². The second-order valence-corrected chi connectivity index (χ2v) is 7.20. The molecule has 1 saturated heterocycles. The van der Waals surface area contributed by atoms with Crippen LogP contribution >= 0.6 is 0 Å². The molecule has 0 aliphatic carbocycles. The quantitative estimate of drug-likeness (QED) is 0.906. The van der Waals surface area contributed by atoms with Gasteiger partial charge >= 0.3 is 0 Å². The summed E-state index contributed by atoms with van der Waals surface area (Å²) in [7, 11) is 0. The van der Waals surface area contributed by atoms with Gasteiger partial charge in [-0.05, 0) is 62.9 Å². The molecule has 0 radical (unpaired) electrons. The first kappa shape index (κ1) is 18.2. The number of piperidine rings is 1. The highest BCUT2D eigenvalue weighted by molar-refractivity contribution is 5.96. The van der Waals surface area contributed by atoms with Crippen LogP contribution in [0.15, 0.2) is 42.5 Å². The maximum atomic E-state index is 12.8. The Kier molecular flexibility index (Phi) is 5.40. The summed E-state index contributed by atoms with van der Waals surface area (Å²) < 4.78 is 0. The molecule has 0 unspecified atom stereocenters. The number of rotatable bonds is 3. The van der Waals surface area contributed by atoms with Crippen LogP contribution in [0.3, 0.4) is 0 Å². The third-order valence-electron chi connectivity index (χ3n) is 5.21. The zero-order valence-electron chi connectivity index (χ0n) is 15.7. The van der Waals surface area contributed by atoms with Gasteiger partial charge in [0.1, 0.15) is 0 Å². The predicted molar refractivity (Wildman–Crippen MR) is 104 cm³/mol. The van der Waals surface area contributed by atoms with Crippen molar-refractivity contribution in [3.63, 3.8) is 0 Å². The predicted octanol–water partition coefficient (Wildman–Crippen LogP) is 4.10. The number of likely N-dealkylation sites (tertiary alicyclic amines) is 1. The van der Waals surface area contributed by atoms with Crippen molar-refractivity contribution >= 4 is 17.5 Å². The smallest absolute Gasteiger partial charge is 0.253 e. The molecule has 1 atom stereocenters. The van der Waals surface area contributed by atoms with Gasteiger partial charge in [0.25, 0.3) is 5.91 Å². The van der Waals surface area contributed by atoms with Crippen LogP contribution < -0.4 is 5.32 Å². The molecule has 1 N–H and O–H groups in total. The van der Waals surface area contributed by atoms with Crippen molar-refractivity contribution in [2.45, 2.75) is 33.6 Å². The number of aryl methyl sites for hydroxylation is 2. The molecule has 26 heavy (non-hydrogen) atoms. The molecule has 1 heterocycles. The Balaban J connectivity index is 1.69. The molecular formula is C22H26N2O2. The molecule has 3 rings (SSSR count). The number of nitrogens with one attached hydrogen (secondary N) is 1. The van der Waals surface area contributed by atoms with Crippen molar-refractivity contribution in [2.75, 3.05) is 18.4 Å². The third kappa shape index (κ3) is 3.96. The summed E-state index contributed by atoms with van der Waals surface area (Å²) >= 11 is 0. The highest BCUT2D eigenvalue weighted by Gasteiger charge is 2.29. The molecule has 2 aromatic rings. The van der Waals surface area contributed by atoms with Gasteiger partial charge in [-0.2, -0.15) is 0 Å². The average Bonchev–Trinajstić information content (AvgIpc) is 2.65. The van der Waals surface area contributed by atoms with Crippen molar-refractivity contribution in [1.29, 1.82) is 0 Å². The summed E-state index contributed by atoms with van der Waals surface area (Å²) in [5.41, 5.74) is 4.86. The summed E-state index contributed by atoms with van der Waals surface area (Å²) in [6.45, 7) is 7.21. The van der Waals surface area contributed by atoms with E-state index in [1.807, 2.05) is 68.1 Å². The first-order valence-electron chi connectivity index (χ1n) is 9.18. The molecular weight excluding hydrogens is 324 g/mol. The Morgan fingerprint density at radius 2 is 1.85 bits per heavy atom. The van der Waals surface area contributed by atoms with Crippen molar-refractivity contribution in [2.24, 2.45) is 5.92 Å². The zero-order chi connectivity index (χ0) is 18.7.